The van der Waals surface area contributed by atoms with E-state index >= 15 is 0 Å². The minimum atomic E-state index is -0.115. The number of ether oxygens (including phenoxy) is 2. The van der Waals surface area contributed by atoms with Crippen LogP contribution in [0.2, 0.25) is 0 Å². The van der Waals surface area contributed by atoms with Crippen molar-refractivity contribution in [1.29, 1.82) is 0 Å². The fraction of sp³-hybridized carbons (Fsp3) is 0.429. The van der Waals surface area contributed by atoms with Gasteiger partial charge >= 0.3 is 0 Å². The molecule has 1 aromatic heterocycles. The molecule has 36 heavy (non-hydrogen) atoms. The van der Waals surface area contributed by atoms with Crippen molar-refractivity contribution in [2.75, 3.05) is 39.9 Å². The summed E-state index contributed by atoms with van der Waals surface area (Å²) >= 11 is 5.80. The Hall–Kier alpha value is -3.10. The molecule has 2 aromatic carbocycles. The van der Waals surface area contributed by atoms with E-state index in [0.717, 1.165) is 60.6 Å². The number of thiocarbonyl (C=S) groups is 1. The van der Waals surface area contributed by atoms with Crippen LogP contribution in [0.4, 0.5) is 0 Å². The molecule has 0 radical (unpaired) electrons. The third-order valence-electron chi connectivity index (χ3n) is 6.21. The molecule has 2 N–H and O–H groups in total. The average Bonchev–Trinajstić information content (AvgIpc) is 2.89. The van der Waals surface area contributed by atoms with Crippen molar-refractivity contribution in [3.05, 3.63) is 70.0 Å². The number of hydrogen-bond donors (Lipinski definition) is 2. The Morgan fingerprint density at radius 2 is 1.72 bits per heavy atom. The standard InChI is InChI=1S/C28H38N4O3S/c1-5-31(6-2)16-8-15-29-28(36)32(19-21-9-11-24(34-4)12-10-21)20-23-17-22-18-25(35-7-3)13-14-26(22)30-27(23)33/h9-14,17-18H,5-8,15-16,19-20H2,1-4H3,(H,29,36)(H,30,33). The second kappa shape index (κ2) is 13.8. The molecule has 0 spiro atoms. The van der Waals surface area contributed by atoms with Gasteiger partial charge in [-0.25, -0.2) is 0 Å². The number of rotatable bonds is 13. The highest BCUT2D eigenvalue weighted by Crippen LogP contribution is 2.20. The maximum atomic E-state index is 12.9. The van der Waals surface area contributed by atoms with Crippen LogP contribution in [-0.4, -0.2) is 59.8 Å². The summed E-state index contributed by atoms with van der Waals surface area (Å²) in [4.78, 5) is 20.4. The zero-order valence-corrected chi connectivity index (χ0v) is 22.6. The fourth-order valence-electron chi connectivity index (χ4n) is 4.11. The number of aromatic amines is 1. The molecule has 0 unspecified atom stereocenters. The average molecular weight is 511 g/mol. The summed E-state index contributed by atoms with van der Waals surface area (Å²) in [7, 11) is 1.65. The van der Waals surface area contributed by atoms with E-state index in [4.69, 9.17) is 21.7 Å². The molecule has 0 bridgehead atoms. The van der Waals surface area contributed by atoms with E-state index in [1.165, 1.54) is 0 Å². The van der Waals surface area contributed by atoms with Gasteiger partial charge in [-0.2, -0.15) is 0 Å². The third-order valence-corrected chi connectivity index (χ3v) is 6.61. The Balaban J connectivity index is 1.80. The van der Waals surface area contributed by atoms with Crippen LogP contribution < -0.4 is 20.3 Å². The monoisotopic (exact) mass is 510 g/mol. The number of fused-ring (bicyclic) bond motifs is 1. The number of nitrogens with zero attached hydrogens (tertiary/aromatic N) is 2. The summed E-state index contributed by atoms with van der Waals surface area (Å²) in [5.41, 5.74) is 2.40. The minimum Gasteiger partial charge on any atom is -0.497 e. The van der Waals surface area contributed by atoms with Crippen LogP contribution in [-0.2, 0) is 13.1 Å². The van der Waals surface area contributed by atoms with Crippen LogP contribution in [0.1, 0.15) is 38.3 Å². The molecule has 8 heteroatoms. The number of methoxy groups -OCH3 is 1. The number of hydrogen-bond acceptors (Lipinski definition) is 5. The van der Waals surface area contributed by atoms with Crippen LogP contribution in [0.5, 0.6) is 11.5 Å². The van der Waals surface area contributed by atoms with Gasteiger partial charge in [-0.15, -0.1) is 0 Å². The molecule has 0 amide bonds. The van der Waals surface area contributed by atoms with Crippen LogP contribution in [0.3, 0.4) is 0 Å². The van der Waals surface area contributed by atoms with Crippen molar-refractivity contribution in [2.45, 2.75) is 40.3 Å². The molecule has 0 aliphatic carbocycles. The van der Waals surface area contributed by atoms with Crippen molar-refractivity contribution in [1.82, 2.24) is 20.1 Å². The first-order chi connectivity index (χ1) is 17.5. The summed E-state index contributed by atoms with van der Waals surface area (Å²) in [6, 6.07) is 15.5. The summed E-state index contributed by atoms with van der Waals surface area (Å²) in [6.07, 6.45) is 0.995. The Labute approximate surface area is 219 Å². The van der Waals surface area contributed by atoms with Gasteiger partial charge in [-0.05, 0) is 87.2 Å². The zero-order chi connectivity index (χ0) is 25.9. The van der Waals surface area contributed by atoms with Crippen molar-refractivity contribution in [2.24, 2.45) is 0 Å². The maximum Gasteiger partial charge on any atom is 0.253 e. The molecule has 0 saturated carbocycles. The molecule has 3 rings (SSSR count). The lowest BCUT2D eigenvalue weighted by atomic mass is 10.1. The van der Waals surface area contributed by atoms with E-state index in [-0.39, 0.29) is 5.56 Å². The second-order valence-electron chi connectivity index (χ2n) is 8.62. The first-order valence-electron chi connectivity index (χ1n) is 12.6. The number of aromatic nitrogens is 1. The predicted octanol–water partition coefficient (Wildman–Crippen LogP) is 4.54. The van der Waals surface area contributed by atoms with Gasteiger partial charge in [0.25, 0.3) is 5.56 Å². The quantitative estimate of drug-likeness (QED) is 0.258. The number of H-pyrrole nitrogens is 1. The molecule has 0 aliphatic heterocycles. The van der Waals surface area contributed by atoms with E-state index in [9.17, 15) is 4.79 Å². The minimum absolute atomic E-state index is 0.115. The Morgan fingerprint density at radius 3 is 2.39 bits per heavy atom. The van der Waals surface area contributed by atoms with Gasteiger partial charge in [-0.3, -0.25) is 4.79 Å². The highest BCUT2D eigenvalue weighted by Gasteiger charge is 2.15. The normalized spacial score (nSPS) is 11.0. The maximum absolute atomic E-state index is 12.9. The zero-order valence-electron chi connectivity index (χ0n) is 21.8. The predicted molar refractivity (Wildman–Crippen MR) is 151 cm³/mol. The number of pyridine rings is 1. The van der Waals surface area contributed by atoms with Crippen LogP contribution in [0, 0.1) is 0 Å². The molecule has 194 valence electrons. The molecule has 0 atom stereocenters. The molecule has 0 fully saturated rings. The van der Waals surface area contributed by atoms with E-state index in [0.29, 0.717) is 30.4 Å². The fourth-order valence-corrected chi connectivity index (χ4v) is 4.34. The van der Waals surface area contributed by atoms with Crippen molar-refractivity contribution in [3.8, 4) is 11.5 Å². The second-order valence-corrected chi connectivity index (χ2v) is 9.01. The molecule has 1 heterocycles. The lowest BCUT2D eigenvalue weighted by molar-refractivity contribution is 0.299. The molecule has 0 saturated heterocycles. The smallest absolute Gasteiger partial charge is 0.253 e. The van der Waals surface area contributed by atoms with Gasteiger partial charge < -0.3 is 29.6 Å². The van der Waals surface area contributed by atoms with Gasteiger partial charge in [0.05, 0.1) is 20.3 Å². The first kappa shape index (κ1) is 27.5. The van der Waals surface area contributed by atoms with Crippen LogP contribution in [0.25, 0.3) is 10.9 Å². The van der Waals surface area contributed by atoms with E-state index < -0.39 is 0 Å². The lowest BCUT2D eigenvalue weighted by Crippen LogP contribution is -2.41. The van der Waals surface area contributed by atoms with Crippen molar-refractivity contribution >= 4 is 28.2 Å². The third kappa shape index (κ3) is 7.70. The van der Waals surface area contributed by atoms with Crippen LogP contribution in [0.15, 0.2) is 53.3 Å². The molecular formula is C28H38N4O3S. The topological polar surface area (TPSA) is 69.8 Å². The summed E-state index contributed by atoms with van der Waals surface area (Å²) in [5, 5.41) is 4.97. The SMILES string of the molecule is CCOc1ccc2[nH]c(=O)c(CN(Cc3ccc(OC)cc3)C(=S)NCCCN(CC)CC)cc2c1. The van der Waals surface area contributed by atoms with Gasteiger partial charge in [-0.1, -0.05) is 26.0 Å². The number of benzene rings is 2. The summed E-state index contributed by atoms with van der Waals surface area (Å²) in [6.45, 7) is 11.7. The summed E-state index contributed by atoms with van der Waals surface area (Å²) in [5.74, 6) is 1.59. The van der Waals surface area contributed by atoms with Gasteiger partial charge in [0.15, 0.2) is 5.11 Å². The highest BCUT2D eigenvalue weighted by atomic mass is 32.1. The Bertz CT molecular complexity index is 1180. The lowest BCUT2D eigenvalue weighted by Gasteiger charge is -2.26. The molecule has 7 nitrogen and oxygen atoms in total. The Morgan fingerprint density at radius 1 is 1.00 bits per heavy atom. The Kier molecular flexibility index (Phi) is 10.6. The van der Waals surface area contributed by atoms with Gasteiger partial charge in [0.2, 0.25) is 0 Å². The molecule has 0 aliphatic rings. The number of nitrogens with one attached hydrogen (secondary N) is 2. The summed E-state index contributed by atoms with van der Waals surface area (Å²) < 4.78 is 10.9. The largest absolute Gasteiger partial charge is 0.497 e. The molecule has 3 aromatic rings. The van der Waals surface area contributed by atoms with E-state index in [1.807, 2.05) is 60.4 Å². The van der Waals surface area contributed by atoms with Gasteiger partial charge in [0.1, 0.15) is 11.5 Å². The van der Waals surface area contributed by atoms with E-state index in [2.05, 4.69) is 29.0 Å². The first-order valence-corrected chi connectivity index (χ1v) is 13.0. The van der Waals surface area contributed by atoms with Crippen molar-refractivity contribution < 1.29 is 9.47 Å². The molecular weight excluding hydrogens is 472 g/mol. The van der Waals surface area contributed by atoms with Crippen LogP contribution >= 0.6 is 12.2 Å². The van der Waals surface area contributed by atoms with E-state index in [1.54, 1.807) is 7.11 Å². The van der Waals surface area contributed by atoms with Crippen molar-refractivity contribution in [3.63, 3.8) is 0 Å². The van der Waals surface area contributed by atoms with Gasteiger partial charge in [0, 0.05) is 29.6 Å². The highest BCUT2D eigenvalue weighted by molar-refractivity contribution is 7.80.